The fraction of sp³-hybridized carbons (Fsp3) is 0.200. The van der Waals surface area contributed by atoms with Gasteiger partial charge in [-0.3, -0.25) is 0 Å². The zero-order valence-electron chi connectivity index (χ0n) is 13.3. The maximum atomic E-state index is 9.55. The van der Waals surface area contributed by atoms with Crippen molar-refractivity contribution in [3.05, 3.63) is 83.6 Å². The van der Waals surface area contributed by atoms with Crippen LogP contribution in [0.4, 0.5) is 0 Å². The molecule has 0 aliphatic rings. The predicted octanol–water partition coefficient (Wildman–Crippen LogP) is 3.26. The van der Waals surface area contributed by atoms with E-state index in [-0.39, 0.29) is 0 Å². The van der Waals surface area contributed by atoms with Gasteiger partial charge in [-0.05, 0) is 24.6 Å². The van der Waals surface area contributed by atoms with Crippen molar-refractivity contribution in [3.63, 3.8) is 0 Å². The fourth-order valence-electron chi connectivity index (χ4n) is 2.56. The van der Waals surface area contributed by atoms with Crippen molar-refractivity contribution in [3.8, 4) is 11.3 Å². The van der Waals surface area contributed by atoms with Gasteiger partial charge in [0.25, 0.3) is 0 Å². The highest BCUT2D eigenvalue weighted by Gasteiger charge is 2.07. The second kappa shape index (κ2) is 7.27. The molecule has 0 saturated heterocycles. The third-order valence-electron chi connectivity index (χ3n) is 3.91. The number of benzene rings is 2. The fourth-order valence-corrected chi connectivity index (χ4v) is 2.56. The number of furan rings is 1. The van der Waals surface area contributed by atoms with Gasteiger partial charge in [-0.25, -0.2) is 0 Å². The average Bonchev–Trinajstić information content (AvgIpc) is 3.05. The molecule has 3 nitrogen and oxygen atoms in total. The first-order chi connectivity index (χ1) is 11.2. The summed E-state index contributed by atoms with van der Waals surface area (Å²) in [5.74, 6) is 1.83. The van der Waals surface area contributed by atoms with E-state index in [2.05, 4.69) is 29.6 Å². The van der Waals surface area contributed by atoms with E-state index in [4.69, 9.17) is 4.42 Å². The SMILES string of the molecule is C[C@@H](O)c1ccc(-c2ccc(C[NH2+]Cc3ccccc3)o2)cc1. The summed E-state index contributed by atoms with van der Waals surface area (Å²) in [6.07, 6.45) is -0.441. The summed E-state index contributed by atoms with van der Waals surface area (Å²) in [6.45, 7) is 3.53. The first kappa shape index (κ1) is 15.5. The minimum absolute atomic E-state index is 0.441. The van der Waals surface area contributed by atoms with Crippen LogP contribution in [-0.4, -0.2) is 5.11 Å². The first-order valence-electron chi connectivity index (χ1n) is 7.95. The Balaban J connectivity index is 1.59. The molecule has 0 unspecified atom stereocenters. The van der Waals surface area contributed by atoms with Gasteiger partial charge in [-0.15, -0.1) is 0 Å². The van der Waals surface area contributed by atoms with Crippen molar-refractivity contribution in [2.75, 3.05) is 0 Å². The summed E-state index contributed by atoms with van der Waals surface area (Å²) >= 11 is 0. The second-order valence-corrected chi connectivity index (χ2v) is 5.75. The van der Waals surface area contributed by atoms with Crippen LogP contribution in [0.2, 0.25) is 0 Å². The van der Waals surface area contributed by atoms with Crippen LogP contribution >= 0.6 is 0 Å². The number of quaternary nitrogens is 1. The van der Waals surface area contributed by atoms with E-state index in [1.165, 1.54) is 5.56 Å². The largest absolute Gasteiger partial charge is 0.455 e. The molecule has 3 N–H and O–H groups in total. The van der Waals surface area contributed by atoms with Crippen molar-refractivity contribution in [2.24, 2.45) is 0 Å². The summed E-state index contributed by atoms with van der Waals surface area (Å²) < 4.78 is 5.91. The molecule has 3 aromatic rings. The van der Waals surface area contributed by atoms with Crippen LogP contribution in [0, 0.1) is 0 Å². The molecule has 2 aromatic carbocycles. The van der Waals surface area contributed by atoms with E-state index in [1.54, 1.807) is 6.92 Å². The van der Waals surface area contributed by atoms with Crippen molar-refractivity contribution >= 4 is 0 Å². The molecule has 0 spiro atoms. The molecule has 23 heavy (non-hydrogen) atoms. The molecule has 0 radical (unpaired) electrons. The first-order valence-corrected chi connectivity index (χ1v) is 7.95. The lowest BCUT2D eigenvalue weighted by atomic mass is 10.1. The van der Waals surface area contributed by atoms with Crippen molar-refractivity contribution in [1.29, 1.82) is 0 Å². The highest BCUT2D eigenvalue weighted by Crippen LogP contribution is 2.23. The third kappa shape index (κ3) is 4.09. The molecule has 0 aliphatic heterocycles. The maximum absolute atomic E-state index is 9.55. The Hall–Kier alpha value is -2.36. The van der Waals surface area contributed by atoms with Gasteiger partial charge in [0, 0.05) is 11.1 Å². The van der Waals surface area contributed by atoms with Crippen molar-refractivity contribution in [2.45, 2.75) is 26.1 Å². The number of hydrogen-bond acceptors (Lipinski definition) is 2. The summed E-state index contributed by atoms with van der Waals surface area (Å²) in [4.78, 5) is 0. The monoisotopic (exact) mass is 308 g/mol. The second-order valence-electron chi connectivity index (χ2n) is 5.75. The number of aliphatic hydroxyl groups excluding tert-OH is 1. The molecular weight excluding hydrogens is 286 g/mol. The molecule has 0 bridgehead atoms. The Bertz CT molecular complexity index is 730. The van der Waals surface area contributed by atoms with Gasteiger partial charge in [0.2, 0.25) is 0 Å². The lowest BCUT2D eigenvalue weighted by Crippen LogP contribution is -2.80. The zero-order valence-corrected chi connectivity index (χ0v) is 13.3. The molecule has 1 aromatic heterocycles. The highest BCUT2D eigenvalue weighted by molar-refractivity contribution is 5.58. The van der Waals surface area contributed by atoms with Crippen LogP contribution < -0.4 is 5.32 Å². The van der Waals surface area contributed by atoms with Gasteiger partial charge < -0.3 is 14.8 Å². The van der Waals surface area contributed by atoms with Gasteiger partial charge >= 0.3 is 0 Å². The third-order valence-corrected chi connectivity index (χ3v) is 3.91. The minimum atomic E-state index is -0.441. The topological polar surface area (TPSA) is 50.0 Å². The Kier molecular flexibility index (Phi) is 4.91. The molecule has 0 fully saturated rings. The van der Waals surface area contributed by atoms with Crippen LogP contribution in [0.3, 0.4) is 0 Å². The van der Waals surface area contributed by atoms with E-state index in [1.807, 2.05) is 42.5 Å². The normalized spacial score (nSPS) is 12.3. The zero-order chi connectivity index (χ0) is 16.1. The lowest BCUT2D eigenvalue weighted by molar-refractivity contribution is -0.687. The van der Waals surface area contributed by atoms with Gasteiger partial charge in [-0.1, -0.05) is 54.6 Å². The number of hydrogen-bond donors (Lipinski definition) is 2. The summed E-state index contributed by atoms with van der Waals surface area (Å²) in [5.41, 5.74) is 3.26. The Morgan fingerprint density at radius 3 is 2.35 bits per heavy atom. The molecule has 3 heteroatoms. The molecule has 0 amide bonds. The lowest BCUT2D eigenvalue weighted by Gasteiger charge is -2.04. The molecule has 1 atom stereocenters. The van der Waals surface area contributed by atoms with Gasteiger partial charge in [0.05, 0.1) is 6.10 Å². The van der Waals surface area contributed by atoms with E-state index in [9.17, 15) is 5.11 Å². The molecule has 0 saturated carbocycles. The minimum Gasteiger partial charge on any atom is -0.455 e. The number of nitrogens with two attached hydrogens (primary N) is 1. The average molecular weight is 308 g/mol. The van der Waals surface area contributed by atoms with Crippen LogP contribution in [0.5, 0.6) is 0 Å². The van der Waals surface area contributed by atoms with Crippen LogP contribution in [0.1, 0.15) is 29.9 Å². The van der Waals surface area contributed by atoms with E-state index in [0.29, 0.717) is 0 Å². The highest BCUT2D eigenvalue weighted by atomic mass is 16.3. The van der Waals surface area contributed by atoms with Gasteiger partial charge in [0.15, 0.2) is 5.76 Å². The van der Waals surface area contributed by atoms with Crippen LogP contribution in [-0.2, 0) is 13.1 Å². The molecule has 118 valence electrons. The molecule has 0 aliphatic carbocycles. The van der Waals surface area contributed by atoms with Gasteiger partial charge in [-0.2, -0.15) is 0 Å². The molecule has 1 heterocycles. The molecule has 3 rings (SSSR count). The van der Waals surface area contributed by atoms with Crippen molar-refractivity contribution < 1.29 is 14.8 Å². The van der Waals surface area contributed by atoms with E-state index in [0.717, 1.165) is 35.7 Å². The maximum Gasteiger partial charge on any atom is 0.158 e. The number of rotatable bonds is 6. The quantitative estimate of drug-likeness (QED) is 0.734. The molecular formula is C20H22NO2+. The van der Waals surface area contributed by atoms with Crippen molar-refractivity contribution in [1.82, 2.24) is 0 Å². The van der Waals surface area contributed by atoms with Crippen LogP contribution in [0.25, 0.3) is 11.3 Å². The number of aliphatic hydroxyl groups is 1. The summed E-state index contributed by atoms with van der Waals surface area (Å²) in [6, 6.07) is 22.3. The Labute approximate surface area is 136 Å². The van der Waals surface area contributed by atoms with Crippen LogP contribution in [0.15, 0.2) is 71.1 Å². The summed E-state index contributed by atoms with van der Waals surface area (Å²) in [7, 11) is 0. The standard InChI is InChI=1S/C20H21NO2/c1-15(22)17-7-9-18(10-8-17)20-12-11-19(23-20)14-21-13-16-5-3-2-4-6-16/h2-12,15,21-22H,13-14H2,1H3/p+1/t15-/m1/s1. The Morgan fingerprint density at radius 2 is 1.65 bits per heavy atom. The van der Waals surface area contributed by atoms with E-state index >= 15 is 0 Å². The van der Waals surface area contributed by atoms with Gasteiger partial charge in [0.1, 0.15) is 18.8 Å². The summed E-state index contributed by atoms with van der Waals surface area (Å²) in [5, 5.41) is 11.8. The predicted molar refractivity (Wildman–Crippen MR) is 90.6 cm³/mol. The Morgan fingerprint density at radius 1 is 0.913 bits per heavy atom. The smallest absolute Gasteiger partial charge is 0.158 e. The van der Waals surface area contributed by atoms with E-state index < -0.39 is 6.10 Å².